The van der Waals surface area contributed by atoms with Gasteiger partial charge < -0.3 is 9.88 Å². The molecule has 0 spiro atoms. The first kappa shape index (κ1) is 13.7. The van der Waals surface area contributed by atoms with E-state index in [2.05, 4.69) is 17.2 Å². The summed E-state index contributed by atoms with van der Waals surface area (Å²) in [6, 6.07) is -0.210. The van der Waals surface area contributed by atoms with E-state index in [-0.39, 0.29) is 17.5 Å². The highest BCUT2D eigenvalue weighted by Gasteiger charge is 2.23. The lowest BCUT2D eigenvalue weighted by Crippen LogP contribution is -2.45. The fraction of sp³-hybridized carbons (Fsp3) is 0.692. The van der Waals surface area contributed by atoms with Crippen molar-refractivity contribution in [3.63, 3.8) is 0 Å². The number of aryl methyl sites for hydroxylation is 1. The molecule has 1 N–H and O–H groups in total. The fourth-order valence-electron chi connectivity index (χ4n) is 1.62. The maximum Gasteiger partial charge on any atom is 0.243 e. The number of nitrogens with one attached hydrogen (secondary N) is 1. The van der Waals surface area contributed by atoms with Crippen LogP contribution in [0, 0.1) is 0 Å². The summed E-state index contributed by atoms with van der Waals surface area (Å²) < 4.78 is 1.93. The van der Waals surface area contributed by atoms with Crippen LogP contribution < -0.4 is 5.32 Å². The first-order valence-corrected chi connectivity index (χ1v) is 6.25. The molecule has 17 heavy (non-hydrogen) atoms. The Morgan fingerprint density at radius 2 is 2.18 bits per heavy atom. The van der Waals surface area contributed by atoms with Crippen molar-refractivity contribution in [1.29, 1.82) is 0 Å². The van der Waals surface area contributed by atoms with E-state index >= 15 is 0 Å². The molecule has 0 aliphatic carbocycles. The minimum Gasteiger partial charge on any atom is -0.349 e. The highest BCUT2D eigenvalue weighted by atomic mass is 16.2. The summed E-state index contributed by atoms with van der Waals surface area (Å²) in [7, 11) is 0. The molecule has 4 heteroatoms. The third-order valence-corrected chi connectivity index (χ3v) is 3.21. The summed E-state index contributed by atoms with van der Waals surface area (Å²) in [5.41, 5.74) is -0.154. The van der Waals surface area contributed by atoms with Crippen LogP contribution in [0.2, 0.25) is 0 Å². The van der Waals surface area contributed by atoms with E-state index in [1.807, 2.05) is 38.5 Å². The van der Waals surface area contributed by atoms with Crippen LogP contribution in [0.5, 0.6) is 0 Å². The lowest BCUT2D eigenvalue weighted by Gasteiger charge is -2.27. The van der Waals surface area contributed by atoms with Gasteiger partial charge in [-0.2, -0.15) is 0 Å². The summed E-state index contributed by atoms with van der Waals surface area (Å²) >= 11 is 0. The number of carbonyl (C=O) groups is 1. The summed E-state index contributed by atoms with van der Waals surface area (Å²) in [4.78, 5) is 16.4. The zero-order valence-corrected chi connectivity index (χ0v) is 11.4. The summed E-state index contributed by atoms with van der Waals surface area (Å²) in [6.07, 6.45) is 5.35. The van der Waals surface area contributed by atoms with Crippen LogP contribution in [0.3, 0.4) is 0 Å². The molecule has 1 amide bonds. The second-order valence-electron chi connectivity index (χ2n) is 5.01. The Morgan fingerprint density at radius 3 is 2.71 bits per heavy atom. The Kier molecular flexibility index (Phi) is 4.32. The Morgan fingerprint density at radius 1 is 1.53 bits per heavy atom. The van der Waals surface area contributed by atoms with Gasteiger partial charge in [0.2, 0.25) is 5.91 Å². The maximum absolute atomic E-state index is 12.1. The zero-order valence-electron chi connectivity index (χ0n) is 11.4. The normalized spacial score (nSPS) is 13.5. The summed E-state index contributed by atoms with van der Waals surface area (Å²) in [5, 5.41) is 3.06. The van der Waals surface area contributed by atoms with Gasteiger partial charge in [-0.1, -0.05) is 13.8 Å². The van der Waals surface area contributed by atoms with Crippen molar-refractivity contribution in [3.05, 3.63) is 18.2 Å². The van der Waals surface area contributed by atoms with Gasteiger partial charge in [0.1, 0.15) is 11.9 Å². The zero-order chi connectivity index (χ0) is 13.1. The topological polar surface area (TPSA) is 46.9 Å². The molecule has 1 rings (SSSR count). The average molecular weight is 237 g/mol. The van der Waals surface area contributed by atoms with Crippen molar-refractivity contribution < 1.29 is 4.79 Å². The van der Waals surface area contributed by atoms with Gasteiger partial charge in [0, 0.05) is 24.4 Å². The van der Waals surface area contributed by atoms with Crippen molar-refractivity contribution in [2.45, 2.75) is 59.0 Å². The second-order valence-corrected chi connectivity index (χ2v) is 5.01. The molecule has 96 valence electrons. The molecule has 0 fully saturated rings. The molecule has 0 bridgehead atoms. The predicted octanol–water partition coefficient (Wildman–Crippen LogP) is 2.31. The highest BCUT2D eigenvalue weighted by molar-refractivity contribution is 5.80. The molecule has 0 saturated heterocycles. The number of amides is 1. The van der Waals surface area contributed by atoms with Crippen molar-refractivity contribution in [3.8, 4) is 0 Å². The molecule has 0 saturated carbocycles. The summed E-state index contributed by atoms with van der Waals surface area (Å²) in [5.74, 6) is 0.992. The number of rotatable bonds is 5. The van der Waals surface area contributed by atoms with E-state index < -0.39 is 0 Å². The smallest absolute Gasteiger partial charge is 0.243 e. The van der Waals surface area contributed by atoms with Crippen molar-refractivity contribution in [1.82, 2.24) is 14.9 Å². The van der Waals surface area contributed by atoms with Gasteiger partial charge in [-0.05, 0) is 27.2 Å². The maximum atomic E-state index is 12.1. The molecule has 1 atom stereocenters. The van der Waals surface area contributed by atoms with Gasteiger partial charge in [0.15, 0.2) is 0 Å². The van der Waals surface area contributed by atoms with E-state index in [0.29, 0.717) is 0 Å². The lowest BCUT2D eigenvalue weighted by atomic mass is 10.0. The Bertz CT molecular complexity index is 382. The van der Waals surface area contributed by atoms with Crippen LogP contribution in [0.4, 0.5) is 0 Å². The van der Waals surface area contributed by atoms with E-state index in [4.69, 9.17) is 0 Å². The third kappa shape index (κ3) is 3.32. The molecule has 4 nitrogen and oxygen atoms in total. The number of nitrogens with zero attached hydrogens (tertiary/aromatic N) is 2. The van der Waals surface area contributed by atoms with Crippen molar-refractivity contribution in [2.75, 3.05) is 0 Å². The van der Waals surface area contributed by atoms with E-state index in [1.54, 1.807) is 6.20 Å². The lowest BCUT2D eigenvalue weighted by molar-refractivity contribution is -0.125. The molecule has 1 aromatic rings. The van der Waals surface area contributed by atoms with Crippen LogP contribution in [0.25, 0.3) is 0 Å². The molecule has 1 aromatic heterocycles. The van der Waals surface area contributed by atoms with Gasteiger partial charge in [0.05, 0.1) is 0 Å². The molecular formula is C13H23N3O. The van der Waals surface area contributed by atoms with E-state index in [0.717, 1.165) is 18.7 Å². The van der Waals surface area contributed by atoms with Gasteiger partial charge in [0.25, 0.3) is 0 Å². The SMILES string of the molecule is CCc1nccn1C(C)C(=O)NC(C)(C)CC. The average Bonchev–Trinajstić information content (AvgIpc) is 2.75. The van der Waals surface area contributed by atoms with E-state index in [1.165, 1.54) is 0 Å². The number of aromatic nitrogens is 2. The molecule has 1 heterocycles. The van der Waals surface area contributed by atoms with Crippen LogP contribution in [0.15, 0.2) is 12.4 Å². The minimum atomic E-state index is -0.210. The van der Waals surface area contributed by atoms with Gasteiger partial charge in [-0.25, -0.2) is 4.98 Å². The quantitative estimate of drug-likeness (QED) is 0.854. The van der Waals surface area contributed by atoms with Crippen LogP contribution in [0.1, 0.15) is 52.9 Å². The Balaban J connectivity index is 2.77. The van der Waals surface area contributed by atoms with Crippen molar-refractivity contribution >= 4 is 5.91 Å². The number of carbonyl (C=O) groups excluding carboxylic acids is 1. The molecule has 0 radical (unpaired) electrons. The Labute approximate surface area is 103 Å². The first-order chi connectivity index (χ1) is 7.91. The fourth-order valence-corrected chi connectivity index (χ4v) is 1.62. The van der Waals surface area contributed by atoms with Crippen LogP contribution >= 0.6 is 0 Å². The largest absolute Gasteiger partial charge is 0.349 e. The van der Waals surface area contributed by atoms with Crippen LogP contribution in [-0.4, -0.2) is 21.0 Å². The van der Waals surface area contributed by atoms with Gasteiger partial charge >= 0.3 is 0 Å². The molecule has 0 aliphatic rings. The second kappa shape index (κ2) is 5.34. The van der Waals surface area contributed by atoms with Gasteiger partial charge in [-0.15, -0.1) is 0 Å². The summed E-state index contributed by atoms with van der Waals surface area (Å²) in [6.45, 7) is 10.1. The van der Waals surface area contributed by atoms with E-state index in [9.17, 15) is 4.79 Å². The molecule has 0 aliphatic heterocycles. The highest BCUT2D eigenvalue weighted by Crippen LogP contribution is 2.13. The van der Waals surface area contributed by atoms with Gasteiger partial charge in [-0.3, -0.25) is 4.79 Å². The van der Waals surface area contributed by atoms with Crippen LogP contribution in [-0.2, 0) is 11.2 Å². The standard InChI is InChI=1S/C13H23N3O/c1-6-11-14-8-9-16(11)10(3)12(17)15-13(4,5)7-2/h8-10H,6-7H2,1-5H3,(H,15,17). The number of imidazole rings is 1. The predicted molar refractivity (Wildman–Crippen MR) is 68.8 cm³/mol. The molecule has 0 aromatic carbocycles. The molecule has 1 unspecified atom stereocenters. The Hall–Kier alpha value is -1.32. The minimum absolute atomic E-state index is 0.0459. The number of hydrogen-bond donors (Lipinski definition) is 1. The van der Waals surface area contributed by atoms with Crippen molar-refractivity contribution in [2.24, 2.45) is 0 Å². The molecular weight excluding hydrogens is 214 g/mol. The first-order valence-electron chi connectivity index (χ1n) is 6.25. The third-order valence-electron chi connectivity index (χ3n) is 3.21. The number of hydrogen-bond acceptors (Lipinski definition) is 2. The monoisotopic (exact) mass is 237 g/mol.